The number of fused-ring (bicyclic) bond motifs is 1. The fourth-order valence-corrected chi connectivity index (χ4v) is 3.34. The number of carbonyl (C=O) groups is 2. The number of nitrogens with one attached hydrogen (secondary N) is 1. The molecule has 0 radical (unpaired) electrons. The van der Waals surface area contributed by atoms with Gasteiger partial charge in [0.1, 0.15) is 24.2 Å². The average Bonchev–Trinajstić information content (AvgIpc) is 3.16. The molecule has 164 valence electrons. The van der Waals surface area contributed by atoms with Crippen LogP contribution in [0, 0.1) is 0 Å². The number of aromatic carboxylic acids is 1. The summed E-state index contributed by atoms with van der Waals surface area (Å²) < 4.78 is 5.35. The fraction of sp³-hybridized carbons (Fsp3) is 0.294. The number of carboxylic acid groups (broad SMARTS) is 1. The van der Waals surface area contributed by atoms with E-state index in [0.717, 1.165) is 11.3 Å². The van der Waals surface area contributed by atoms with Crippen molar-refractivity contribution in [3.8, 4) is 5.75 Å². The molecule has 31 heavy (non-hydrogen) atoms. The summed E-state index contributed by atoms with van der Waals surface area (Å²) in [5, 5.41) is 45.7. The molecule has 12 nitrogen and oxygen atoms in total. The number of carbonyl (C=O) groups excluding carboxylic acids is 1. The van der Waals surface area contributed by atoms with Crippen molar-refractivity contribution in [2.75, 3.05) is 18.9 Å². The van der Waals surface area contributed by atoms with E-state index in [2.05, 4.69) is 15.5 Å². The third-order valence-electron chi connectivity index (χ3n) is 4.28. The van der Waals surface area contributed by atoms with E-state index < -0.39 is 37.6 Å². The monoisotopic (exact) mass is 450 g/mol. The zero-order valence-electron chi connectivity index (χ0n) is 16.0. The van der Waals surface area contributed by atoms with Crippen LogP contribution < -0.4 is 15.7 Å². The summed E-state index contributed by atoms with van der Waals surface area (Å²) in [6, 6.07) is 4.51. The number of rotatable bonds is 8. The number of thiazole rings is 1. The number of benzene rings is 1. The highest BCUT2D eigenvalue weighted by molar-refractivity contribution is 7.13. The largest absolute Gasteiger partial charge is 0.547 e. The zero-order valence-corrected chi connectivity index (χ0v) is 16.8. The summed E-state index contributed by atoms with van der Waals surface area (Å²) in [6.45, 7) is -0.919. The van der Waals surface area contributed by atoms with E-state index in [4.69, 9.17) is 20.3 Å². The minimum Gasteiger partial charge on any atom is -0.534 e. The number of amides is 1. The van der Waals surface area contributed by atoms with Crippen LogP contribution in [-0.2, 0) is 16.1 Å². The number of anilines is 1. The smallest absolute Gasteiger partial charge is 0.534 e. The van der Waals surface area contributed by atoms with Gasteiger partial charge in [0.2, 0.25) is 0 Å². The Morgan fingerprint density at radius 2 is 2.26 bits per heavy atom. The van der Waals surface area contributed by atoms with E-state index in [1.165, 1.54) is 17.5 Å². The fourth-order valence-electron chi connectivity index (χ4n) is 2.79. The van der Waals surface area contributed by atoms with Gasteiger partial charge in [0.15, 0.2) is 10.8 Å². The number of aliphatic hydroxyl groups excluding tert-OH is 2. The first kappa shape index (κ1) is 22.5. The van der Waals surface area contributed by atoms with Crippen LogP contribution in [0.15, 0.2) is 28.7 Å². The van der Waals surface area contributed by atoms with Gasteiger partial charge in [-0.3, -0.25) is 4.79 Å². The normalized spacial score (nSPS) is 16.8. The molecular weight excluding hydrogens is 431 g/mol. The predicted molar refractivity (Wildman–Crippen MR) is 110 cm³/mol. The van der Waals surface area contributed by atoms with Crippen LogP contribution in [0.25, 0.3) is 0 Å². The molecule has 1 aliphatic rings. The van der Waals surface area contributed by atoms with Crippen molar-refractivity contribution >= 4 is 41.2 Å². The third kappa shape index (κ3) is 5.30. The van der Waals surface area contributed by atoms with E-state index in [-0.39, 0.29) is 40.9 Å². The molecule has 0 fully saturated rings. The minimum absolute atomic E-state index is 0.0375. The number of carboxylic acids is 1. The molecule has 1 unspecified atom stereocenters. The standard InChI is InChI=1S/C17H19BN4O8S/c19-17-20-11(7-31-17)13(22-29-6-9(24)5-23)15(25)21-12-4-8-2-1-3-10(16(26)27)14(8)30-18(12)28/h1-3,7,9,12,23-24,28H,4-6H2,(H2,19,20)(H,21,25)(H,26,27)/b22-13-/t9?,12-/m0/s1. The van der Waals surface area contributed by atoms with Crippen LogP contribution in [-0.4, -0.2) is 75.3 Å². The number of para-hydroxylation sites is 1. The van der Waals surface area contributed by atoms with Crippen LogP contribution >= 0.6 is 11.3 Å². The Balaban J connectivity index is 1.79. The van der Waals surface area contributed by atoms with Crippen LogP contribution in [0.1, 0.15) is 21.6 Å². The highest BCUT2D eigenvalue weighted by atomic mass is 32.1. The first-order valence-corrected chi connectivity index (χ1v) is 9.89. The van der Waals surface area contributed by atoms with Crippen molar-refractivity contribution in [3.05, 3.63) is 40.4 Å². The molecule has 1 aromatic carbocycles. The van der Waals surface area contributed by atoms with E-state index in [1.807, 2.05) is 0 Å². The third-order valence-corrected chi connectivity index (χ3v) is 4.95. The van der Waals surface area contributed by atoms with Crippen molar-refractivity contribution in [2.45, 2.75) is 18.5 Å². The molecule has 0 saturated heterocycles. The van der Waals surface area contributed by atoms with E-state index in [9.17, 15) is 24.8 Å². The van der Waals surface area contributed by atoms with Gasteiger partial charge in [0, 0.05) is 5.38 Å². The number of nitrogens with zero attached hydrogens (tertiary/aromatic N) is 2. The molecule has 0 saturated carbocycles. The second kappa shape index (κ2) is 9.74. The van der Waals surface area contributed by atoms with Gasteiger partial charge in [-0.15, -0.1) is 11.3 Å². The van der Waals surface area contributed by atoms with Crippen molar-refractivity contribution < 1.29 is 39.4 Å². The zero-order chi connectivity index (χ0) is 22.5. The van der Waals surface area contributed by atoms with E-state index in [1.54, 1.807) is 6.07 Å². The molecule has 2 heterocycles. The van der Waals surface area contributed by atoms with Gasteiger partial charge >= 0.3 is 13.1 Å². The van der Waals surface area contributed by atoms with E-state index >= 15 is 0 Å². The van der Waals surface area contributed by atoms with Crippen LogP contribution in [0.5, 0.6) is 5.75 Å². The van der Waals surface area contributed by atoms with Crippen molar-refractivity contribution in [1.82, 2.24) is 10.3 Å². The number of hydrogen-bond donors (Lipinski definition) is 6. The predicted octanol–water partition coefficient (Wildman–Crippen LogP) is -1.36. The molecule has 1 aliphatic heterocycles. The maximum absolute atomic E-state index is 12.8. The van der Waals surface area contributed by atoms with Gasteiger partial charge in [0.05, 0.1) is 18.1 Å². The molecule has 1 amide bonds. The summed E-state index contributed by atoms with van der Waals surface area (Å²) in [6.07, 6.45) is -1.10. The number of aromatic nitrogens is 1. The Kier molecular flexibility index (Phi) is 7.07. The van der Waals surface area contributed by atoms with Gasteiger partial charge in [-0.05, 0) is 18.1 Å². The summed E-state index contributed by atoms with van der Waals surface area (Å²) in [4.78, 5) is 33.1. The molecule has 0 aliphatic carbocycles. The number of hydrogen-bond acceptors (Lipinski definition) is 11. The van der Waals surface area contributed by atoms with Crippen molar-refractivity contribution in [2.24, 2.45) is 5.16 Å². The van der Waals surface area contributed by atoms with Gasteiger partial charge < -0.3 is 40.9 Å². The van der Waals surface area contributed by atoms with Gasteiger partial charge in [-0.1, -0.05) is 17.3 Å². The molecule has 0 spiro atoms. The summed E-state index contributed by atoms with van der Waals surface area (Å²) in [5.41, 5.74) is 5.85. The Bertz CT molecular complexity index is 1000. The molecular formula is C17H19BN4O8S. The topological polar surface area (TPSA) is 197 Å². The second-order valence-electron chi connectivity index (χ2n) is 6.53. The maximum atomic E-state index is 12.8. The molecule has 3 rings (SSSR count). The van der Waals surface area contributed by atoms with Crippen LogP contribution in [0.2, 0.25) is 0 Å². The van der Waals surface area contributed by atoms with Crippen LogP contribution in [0.3, 0.4) is 0 Å². The van der Waals surface area contributed by atoms with Gasteiger partial charge in [0.25, 0.3) is 5.91 Å². The van der Waals surface area contributed by atoms with Crippen molar-refractivity contribution in [1.29, 1.82) is 0 Å². The molecule has 2 atom stereocenters. The SMILES string of the molecule is Nc1nc(/C(=N/OCC(O)CO)C(=O)N[C@H]2Cc3cccc(C(=O)O)c3OB2O)cs1. The molecule has 7 N–H and O–H groups in total. The lowest BCUT2D eigenvalue weighted by atomic mass is 9.72. The molecule has 14 heteroatoms. The Morgan fingerprint density at radius 3 is 2.90 bits per heavy atom. The Morgan fingerprint density at radius 1 is 1.48 bits per heavy atom. The lowest BCUT2D eigenvalue weighted by Gasteiger charge is -2.28. The Hall–Kier alpha value is -3.20. The summed E-state index contributed by atoms with van der Waals surface area (Å²) in [7, 11) is -1.52. The number of oxime groups is 1. The molecule has 2 aromatic rings. The summed E-state index contributed by atoms with van der Waals surface area (Å²) >= 11 is 1.07. The highest BCUT2D eigenvalue weighted by Crippen LogP contribution is 2.30. The van der Waals surface area contributed by atoms with Gasteiger partial charge in [-0.2, -0.15) is 0 Å². The molecule has 1 aromatic heterocycles. The van der Waals surface area contributed by atoms with E-state index in [0.29, 0.717) is 5.56 Å². The minimum atomic E-state index is -1.52. The number of nitrogens with two attached hydrogens (primary N) is 1. The molecule has 0 bridgehead atoms. The number of aliphatic hydroxyl groups is 2. The van der Waals surface area contributed by atoms with Gasteiger partial charge in [-0.25, -0.2) is 9.78 Å². The maximum Gasteiger partial charge on any atom is 0.547 e. The first-order valence-electron chi connectivity index (χ1n) is 9.01. The lowest BCUT2D eigenvalue weighted by Crippen LogP contribution is -2.54. The van der Waals surface area contributed by atoms with Crippen molar-refractivity contribution in [3.63, 3.8) is 0 Å². The average molecular weight is 450 g/mol. The Labute approximate surface area is 180 Å². The number of nitrogen functional groups attached to an aromatic ring is 1. The summed E-state index contributed by atoms with van der Waals surface area (Å²) in [5.74, 6) is -2.86. The van der Waals surface area contributed by atoms with Crippen LogP contribution in [0.4, 0.5) is 5.13 Å². The second-order valence-corrected chi connectivity index (χ2v) is 7.42. The first-order chi connectivity index (χ1) is 14.8. The highest BCUT2D eigenvalue weighted by Gasteiger charge is 2.38. The lowest BCUT2D eigenvalue weighted by molar-refractivity contribution is -0.115. The quantitative estimate of drug-likeness (QED) is 0.159.